The maximum Gasteiger partial charge on any atom is 0.416 e. The summed E-state index contributed by atoms with van der Waals surface area (Å²) < 4.78 is 44.7. The summed E-state index contributed by atoms with van der Waals surface area (Å²) in [6.07, 6.45) is -1.43. The molecule has 1 aliphatic rings. The van der Waals surface area contributed by atoms with Gasteiger partial charge in [-0.1, -0.05) is 24.6 Å². The van der Waals surface area contributed by atoms with Gasteiger partial charge in [-0.15, -0.1) is 0 Å². The van der Waals surface area contributed by atoms with Crippen LogP contribution in [0.15, 0.2) is 36.1 Å². The first-order valence-corrected chi connectivity index (χ1v) is 7.06. The van der Waals surface area contributed by atoms with Crippen molar-refractivity contribution in [2.45, 2.75) is 37.8 Å². The van der Waals surface area contributed by atoms with Crippen LogP contribution in [0.1, 0.15) is 37.3 Å². The smallest absolute Gasteiger partial charge is 0.416 e. The number of carboxylic acid groups (broad SMARTS) is 1. The first-order chi connectivity index (χ1) is 10.3. The van der Waals surface area contributed by atoms with Crippen molar-refractivity contribution in [1.29, 1.82) is 0 Å². The second kappa shape index (κ2) is 6.02. The Balaban J connectivity index is 2.52. The third-order valence-corrected chi connectivity index (χ3v) is 3.93. The van der Waals surface area contributed by atoms with E-state index in [9.17, 15) is 18.0 Å². The van der Waals surface area contributed by atoms with Crippen LogP contribution in [-0.2, 0) is 21.1 Å². The third-order valence-electron chi connectivity index (χ3n) is 3.93. The number of rotatable bonds is 5. The molecule has 0 atom stereocenters. The van der Waals surface area contributed by atoms with E-state index in [2.05, 4.69) is 0 Å². The van der Waals surface area contributed by atoms with E-state index in [1.54, 1.807) is 13.0 Å². The zero-order valence-electron chi connectivity index (χ0n) is 12.1. The molecule has 120 valence electrons. The summed E-state index contributed by atoms with van der Waals surface area (Å²) in [7, 11) is 0. The topological polar surface area (TPSA) is 46.5 Å². The van der Waals surface area contributed by atoms with E-state index in [-0.39, 0.29) is 17.9 Å². The molecule has 0 spiro atoms. The van der Waals surface area contributed by atoms with Crippen LogP contribution in [-0.4, -0.2) is 17.7 Å². The fraction of sp³-hybridized carbons (Fsp3) is 0.438. The number of ether oxygens (including phenoxy) is 1. The second-order valence-corrected chi connectivity index (χ2v) is 5.30. The Bertz CT molecular complexity index is 587. The number of halogens is 3. The molecule has 0 heterocycles. The predicted molar refractivity (Wildman–Crippen MR) is 74.3 cm³/mol. The molecule has 1 saturated carbocycles. The van der Waals surface area contributed by atoms with Gasteiger partial charge >= 0.3 is 12.1 Å². The van der Waals surface area contributed by atoms with Crippen LogP contribution in [0, 0.1) is 0 Å². The summed E-state index contributed by atoms with van der Waals surface area (Å²) in [6, 6.07) is 5.33. The van der Waals surface area contributed by atoms with Crippen molar-refractivity contribution < 1.29 is 27.8 Å². The lowest BCUT2D eigenvalue weighted by Gasteiger charge is -2.41. The average Bonchev–Trinajstić information content (AvgIpc) is 2.40. The molecule has 3 nitrogen and oxygen atoms in total. The highest BCUT2D eigenvalue weighted by Gasteiger charge is 2.44. The Morgan fingerprint density at radius 3 is 2.45 bits per heavy atom. The Labute approximate surface area is 126 Å². The van der Waals surface area contributed by atoms with Gasteiger partial charge in [0.25, 0.3) is 0 Å². The first-order valence-electron chi connectivity index (χ1n) is 7.06. The monoisotopic (exact) mass is 314 g/mol. The number of carbonyl (C=O) groups is 1. The molecular formula is C16H17F3O3. The fourth-order valence-electron chi connectivity index (χ4n) is 2.79. The molecule has 0 amide bonds. The average molecular weight is 314 g/mol. The predicted octanol–water partition coefficient (Wildman–Crippen LogP) is 4.13. The van der Waals surface area contributed by atoms with E-state index in [1.807, 2.05) is 0 Å². The number of allylic oxidation sites excluding steroid dienone is 1. The molecule has 0 unspecified atom stereocenters. The normalized spacial score (nSPS) is 17.7. The zero-order valence-corrected chi connectivity index (χ0v) is 12.1. The lowest BCUT2D eigenvalue weighted by molar-refractivity contribution is -0.139. The fourth-order valence-corrected chi connectivity index (χ4v) is 2.79. The van der Waals surface area contributed by atoms with Crippen LogP contribution in [0.3, 0.4) is 0 Å². The van der Waals surface area contributed by atoms with E-state index >= 15 is 0 Å². The highest BCUT2D eigenvalue weighted by molar-refractivity contribution is 5.84. The molecule has 1 N–H and O–H groups in total. The maximum atomic E-state index is 13.2. The molecule has 1 fully saturated rings. The van der Waals surface area contributed by atoms with Crippen molar-refractivity contribution >= 4 is 5.97 Å². The van der Waals surface area contributed by atoms with Gasteiger partial charge in [0.1, 0.15) is 0 Å². The molecule has 1 aromatic rings. The third kappa shape index (κ3) is 3.10. The minimum atomic E-state index is -4.47. The van der Waals surface area contributed by atoms with Crippen molar-refractivity contribution in [3.63, 3.8) is 0 Å². The quantitative estimate of drug-likeness (QED) is 0.656. The first kappa shape index (κ1) is 16.4. The van der Waals surface area contributed by atoms with Crippen LogP contribution in [0.5, 0.6) is 0 Å². The van der Waals surface area contributed by atoms with E-state index in [1.165, 1.54) is 18.2 Å². The number of aliphatic carboxylic acids is 1. The van der Waals surface area contributed by atoms with Gasteiger partial charge < -0.3 is 9.84 Å². The Morgan fingerprint density at radius 2 is 2.00 bits per heavy atom. The van der Waals surface area contributed by atoms with Crippen LogP contribution in [0.2, 0.25) is 0 Å². The van der Waals surface area contributed by atoms with Gasteiger partial charge in [-0.25, -0.2) is 4.79 Å². The van der Waals surface area contributed by atoms with Gasteiger partial charge in [0.05, 0.1) is 12.2 Å². The molecule has 1 aliphatic carbocycles. The maximum absolute atomic E-state index is 13.2. The molecule has 0 saturated heterocycles. The minimum absolute atomic E-state index is 0.118. The summed E-state index contributed by atoms with van der Waals surface area (Å²) in [6.45, 7) is 1.78. The Kier molecular flexibility index (Phi) is 4.49. The lowest BCUT2D eigenvalue weighted by Crippen LogP contribution is -2.35. The summed E-state index contributed by atoms with van der Waals surface area (Å²) in [5.74, 6) is -1.56. The van der Waals surface area contributed by atoms with E-state index in [4.69, 9.17) is 9.84 Å². The van der Waals surface area contributed by atoms with Gasteiger partial charge in [0, 0.05) is 5.41 Å². The molecule has 6 heteroatoms. The van der Waals surface area contributed by atoms with Crippen LogP contribution < -0.4 is 0 Å². The minimum Gasteiger partial charge on any atom is -0.487 e. The molecule has 0 bridgehead atoms. The van der Waals surface area contributed by atoms with Crippen molar-refractivity contribution in [2.24, 2.45) is 0 Å². The summed E-state index contributed by atoms with van der Waals surface area (Å²) in [4.78, 5) is 11.2. The Hall–Kier alpha value is -1.98. The Morgan fingerprint density at radius 1 is 1.36 bits per heavy atom. The van der Waals surface area contributed by atoms with Gasteiger partial charge in [-0.3, -0.25) is 0 Å². The highest BCUT2D eigenvalue weighted by Crippen LogP contribution is 2.49. The van der Waals surface area contributed by atoms with Gasteiger partial charge in [0.2, 0.25) is 5.76 Å². The van der Waals surface area contributed by atoms with Crippen molar-refractivity contribution in [3.05, 3.63) is 47.2 Å². The van der Waals surface area contributed by atoms with Crippen LogP contribution >= 0.6 is 0 Å². The van der Waals surface area contributed by atoms with E-state index in [0.717, 1.165) is 12.5 Å². The lowest BCUT2D eigenvalue weighted by atomic mass is 9.63. The second-order valence-electron chi connectivity index (χ2n) is 5.30. The SMILES string of the molecule is CCO/C(=C/C1(c2ccccc2C(F)(F)F)CCC1)C(=O)O. The number of hydrogen-bond acceptors (Lipinski definition) is 2. The molecule has 1 aromatic carbocycles. The largest absolute Gasteiger partial charge is 0.487 e. The van der Waals surface area contributed by atoms with Gasteiger partial charge in [0.15, 0.2) is 0 Å². The number of carboxylic acids is 1. The highest BCUT2D eigenvalue weighted by atomic mass is 19.4. The van der Waals surface area contributed by atoms with Crippen LogP contribution in [0.4, 0.5) is 13.2 Å². The molecule has 0 aromatic heterocycles. The van der Waals surface area contributed by atoms with E-state index < -0.39 is 23.1 Å². The van der Waals surface area contributed by atoms with Crippen molar-refractivity contribution in [2.75, 3.05) is 6.61 Å². The number of hydrogen-bond donors (Lipinski definition) is 1. The van der Waals surface area contributed by atoms with E-state index in [0.29, 0.717) is 12.8 Å². The summed E-state index contributed by atoms with van der Waals surface area (Å²) in [5.41, 5.74) is -1.52. The summed E-state index contributed by atoms with van der Waals surface area (Å²) in [5, 5.41) is 9.15. The molecule has 22 heavy (non-hydrogen) atoms. The standard InChI is InChI=1S/C16H17F3O3/c1-2-22-13(14(20)21)10-15(8-5-9-15)11-6-3-4-7-12(11)16(17,18)19/h3-4,6-7,10H,2,5,8-9H2,1H3,(H,20,21)/b13-10+. The number of alkyl halides is 3. The van der Waals surface area contributed by atoms with Crippen molar-refractivity contribution in [3.8, 4) is 0 Å². The molecular weight excluding hydrogens is 297 g/mol. The molecule has 2 rings (SSSR count). The molecule has 0 radical (unpaired) electrons. The zero-order chi connectivity index (χ0) is 16.4. The molecule has 0 aliphatic heterocycles. The van der Waals surface area contributed by atoms with Gasteiger partial charge in [-0.2, -0.15) is 13.2 Å². The number of benzene rings is 1. The van der Waals surface area contributed by atoms with Gasteiger partial charge in [-0.05, 0) is 37.5 Å². The van der Waals surface area contributed by atoms with Crippen molar-refractivity contribution in [1.82, 2.24) is 0 Å². The summed E-state index contributed by atoms with van der Waals surface area (Å²) >= 11 is 0. The van der Waals surface area contributed by atoms with Crippen LogP contribution in [0.25, 0.3) is 0 Å².